The molecule has 3 amide bonds. The van der Waals surface area contributed by atoms with E-state index in [2.05, 4.69) is 63.2 Å². The number of benzene rings is 2. The number of pyridine rings is 1. The molecule has 4 aromatic rings. The van der Waals surface area contributed by atoms with E-state index in [9.17, 15) is 14.4 Å². The third-order valence-corrected chi connectivity index (χ3v) is 13.9. The molecule has 2 aromatic heterocycles. The Kier molecular flexibility index (Phi) is 10.3. The zero-order chi connectivity index (χ0) is 41.1. The molecule has 5 fully saturated rings. The highest BCUT2D eigenvalue weighted by Gasteiger charge is 2.42. The summed E-state index contributed by atoms with van der Waals surface area (Å²) in [7, 11) is 0. The molecule has 13 nitrogen and oxygen atoms in total. The van der Waals surface area contributed by atoms with Crippen molar-refractivity contribution < 1.29 is 28.2 Å². The first kappa shape index (κ1) is 39.1. The lowest BCUT2D eigenvalue weighted by molar-refractivity contribution is -0.136. The van der Waals surface area contributed by atoms with Crippen molar-refractivity contribution in [3.8, 4) is 17.0 Å². The fourth-order valence-electron chi connectivity index (χ4n) is 10.1. The van der Waals surface area contributed by atoms with E-state index >= 15 is 4.39 Å². The van der Waals surface area contributed by atoms with Gasteiger partial charge >= 0.3 is 0 Å². The van der Waals surface area contributed by atoms with Gasteiger partial charge in [-0.3, -0.25) is 29.7 Å². The highest BCUT2D eigenvalue weighted by molar-refractivity contribution is 6.05. The number of carbonyl (C=O) groups excluding carboxylic acids is 3. The number of nitrogens with zero attached hydrogens (tertiary/aromatic N) is 6. The molecule has 2 N–H and O–H groups in total. The van der Waals surface area contributed by atoms with E-state index in [-0.39, 0.29) is 49.0 Å². The van der Waals surface area contributed by atoms with Crippen LogP contribution in [0.15, 0.2) is 42.5 Å². The topological polar surface area (TPSA) is 136 Å². The van der Waals surface area contributed by atoms with Crippen LogP contribution in [-0.2, 0) is 20.9 Å². The van der Waals surface area contributed by atoms with Crippen molar-refractivity contribution in [2.45, 2.75) is 108 Å². The van der Waals surface area contributed by atoms with Crippen LogP contribution in [-0.4, -0.2) is 112 Å². The zero-order valence-electron chi connectivity index (χ0n) is 34.7. The quantitative estimate of drug-likeness (QED) is 0.180. The van der Waals surface area contributed by atoms with E-state index in [1.807, 2.05) is 6.07 Å². The van der Waals surface area contributed by atoms with Crippen molar-refractivity contribution >= 4 is 40.1 Å². The van der Waals surface area contributed by atoms with Crippen LogP contribution in [0.25, 0.3) is 22.2 Å². The highest BCUT2D eigenvalue weighted by Crippen LogP contribution is 2.41. The number of aromatic nitrogens is 3. The number of H-pyrrole nitrogens is 1. The average molecular weight is 819 g/mol. The van der Waals surface area contributed by atoms with E-state index in [0.29, 0.717) is 35.8 Å². The Balaban J connectivity index is 0.675. The lowest BCUT2D eigenvalue weighted by Gasteiger charge is -2.40. The molecule has 3 saturated heterocycles. The van der Waals surface area contributed by atoms with Gasteiger partial charge in [-0.25, -0.2) is 9.37 Å². The molecule has 6 heterocycles. The Bertz CT molecular complexity index is 2300. The van der Waals surface area contributed by atoms with E-state index in [0.717, 1.165) is 111 Å². The number of piperazine rings is 1. The highest BCUT2D eigenvalue weighted by atomic mass is 19.1. The molecule has 4 aliphatic heterocycles. The average Bonchev–Trinajstić information content (AvgIpc) is 3.65. The molecule has 1 unspecified atom stereocenters. The smallest absolute Gasteiger partial charge is 0.255 e. The van der Waals surface area contributed by atoms with Crippen LogP contribution in [0.3, 0.4) is 0 Å². The van der Waals surface area contributed by atoms with Gasteiger partial charge in [0.15, 0.2) is 5.82 Å². The number of halogens is 1. The number of aromatic amines is 1. The van der Waals surface area contributed by atoms with Crippen molar-refractivity contribution in [2.24, 2.45) is 5.92 Å². The van der Waals surface area contributed by atoms with Crippen molar-refractivity contribution in [1.82, 2.24) is 30.3 Å². The minimum atomic E-state index is -0.761. The third-order valence-electron chi connectivity index (χ3n) is 13.9. The van der Waals surface area contributed by atoms with Gasteiger partial charge in [0.1, 0.15) is 28.9 Å². The zero-order valence-corrected chi connectivity index (χ0v) is 34.7. The van der Waals surface area contributed by atoms with E-state index < -0.39 is 17.8 Å². The number of hydrogen-bond donors (Lipinski definition) is 2. The number of rotatable bonds is 10. The molecule has 60 heavy (non-hydrogen) atoms. The Hall–Kier alpha value is -5.08. The first-order chi connectivity index (χ1) is 29.1. The summed E-state index contributed by atoms with van der Waals surface area (Å²) in [6.07, 6.45) is 9.18. The van der Waals surface area contributed by atoms with Crippen LogP contribution >= 0.6 is 0 Å². The van der Waals surface area contributed by atoms with Gasteiger partial charge in [0.2, 0.25) is 11.8 Å². The second-order valence-electron chi connectivity index (χ2n) is 18.3. The summed E-state index contributed by atoms with van der Waals surface area (Å²) >= 11 is 0. The maximum absolute atomic E-state index is 15.9. The standard InChI is InChI=1S/C46H55FN8O5/c1-28-23-30(43-35-25-33(60-46(2)15-16-46)7-9-37(35)50-51-43)24-40(48-28)54-21-19-52(20-22-54)26-29-3-5-31(6-4-29)59-32-13-17-53(18-14-32)38-10-8-34-36(42(38)47)27-55(45(34)58)39-11-12-41(56)49-44(39)57/h7-10,23-25,29,31-32,39H,3-6,11-22,26-27H2,1-2H3,(H,50,51)(H,49,56,57). The number of imide groups is 1. The first-order valence-electron chi connectivity index (χ1n) is 22.1. The summed E-state index contributed by atoms with van der Waals surface area (Å²) in [6, 6.07) is 13.1. The van der Waals surface area contributed by atoms with Gasteiger partial charge in [0, 0.05) is 80.0 Å². The van der Waals surface area contributed by atoms with Gasteiger partial charge in [-0.1, -0.05) is 0 Å². The van der Waals surface area contributed by atoms with Crippen LogP contribution in [0.2, 0.25) is 0 Å². The summed E-state index contributed by atoms with van der Waals surface area (Å²) < 4.78 is 28.9. The first-order valence-corrected chi connectivity index (χ1v) is 22.1. The molecule has 2 saturated carbocycles. The molecule has 1 atom stereocenters. The third kappa shape index (κ3) is 7.84. The van der Waals surface area contributed by atoms with Gasteiger partial charge in [0.25, 0.3) is 5.91 Å². The SMILES string of the molecule is Cc1cc(-c2n[nH]c3ccc(OC4(C)CC4)cc23)cc(N2CCN(CC3CCC(OC4CCN(c5ccc6c(c5F)CN(C5CCC(=O)NC5=O)C6=O)CC4)CC3)CC2)n1. The van der Waals surface area contributed by atoms with Crippen LogP contribution < -0.4 is 19.9 Å². The maximum atomic E-state index is 15.9. The van der Waals surface area contributed by atoms with Crippen molar-refractivity contribution in [3.63, 3.8) is 0 Å². The normalized spacial score (nSPS) is 24.9. The number of hydrogen-bond acceptors (Lipinski definition) is 10. The van der Waals surface area contributed by atoms with Crippen LogP contribution in [0.1, 0.15) is 92.7 Å². The van der Waals surface area contributed by atoms with Crippen LogP contribution in [0, 0.1) is 18.7 Å². The number of fused-ring (bicyclic) bond motifs is 2. The molecule has 0 radical (unpaired) electrons. The number of carbonyl (C=O) groups is 3. The van der Waals surface area contributed by atoms with Crippen molar-refractivity contribution in [1.29, 1.82) is 0 Å². The van der Waals surface area contributed by atoms with Gasteiger partial charge in [-0.2, -0.15) is 5.10 Å². The van der Waals surface area contributed by atoms with E-state index in [1.165, 1.54) is 17.7 Å². The molecule has 0 bridgehead atoms. The second-order valence-corrected chi connectivity index (χ2v) is 18.3. The predicted molar refractivity (Wildman–Crippen MR) is 225 cm³/mol. The Morgan fingerprint density at radius 1 is 0.867 bits per heavy atom. The Labute approximate surface area is 349 Å². The lowest BCUT2D eigenvalue weighted by atomic mass is 9.86. The molecular weight excluding hydrogens is 764 g/mol. The van der Waals surface area contributed by atoms with Crippen LogP contribution in [0.4, 0.5) is 15.9 Å². The van der Waals surface area contributed by atoms with Gasteiger partial charge in [0.05, 0.1) is 30.0 Å². The molecular formula is C46H55FN8O5. The number of piperidine rings is 2. The molecule has 14 heteroatoms. The fraction of sp³-hybridized carbons (Fsp3) is 0.543. The lowest BCUT2D eigenvalue weighted by Crippen LogP contribution is -2.52. The monoisotopic (exact) mass is 818 g/mol. The molecule has 6 aliphatic rings. The number of ether oxygens (including phenoxy) is 2. The maximum Gasteiger partial charge on any atom is 0.255 e. The molecule has 2 aromatic carbocycles. The number of aryl methyl sites for hydroxylation is 1. The minimum absolute atomic E-state index is 0.0344. The predicted octanol–water partition coefficient (Wildman–Crippen LogP) is 6.13. The van der Waals surface area contributed by atoms with Gasteiger partial charge in [-0.05, 0) is 120 Å². The number of amides is 3. The molecule has 0 spiro atoms. The van der Waals surface area contributed by atoms with Gasteiger partial charge in [-0.15, -0.1) is 0 Å². The van der Waals surface area contributed by atoms with E-state index in [4.69, 9.17) is 19.6 Å². The summed E-state index contributed by atoms with van der Waals surface area (Å²) in [4.78, 5) is 50.7. The number of anilines is 2. The fourth-order valence-corrected chi connectivity index (χ4v) is 10.1. The van der Waals surface area contributed by atoms with E-state index in [1.54, 1.807) is 12.1 Å². The second kappa shape index (κ2) is 15.7. The van der Waals surface area contributed by atoms with Gasteiger partial charge < -0.3 is 24.2 Å². The Morgan fingerprint density at radius 2 is 1.63 bits per heavy atom. The largest absolute Gasteiger partial charge is 0.488 e. The minimum Gasteiger partial charge on any atom is -0.488 e. The molecule has 316 valence electrons. The summed E-state index contributed by atoms with van der Waals surface area (Å²) in [6.45, 7) is 10.7. The molecule has 2 aliphatic carbocycles. The summed E-state index contributed by atoms with van der Waals surface area (Å²) in [5.41, 5.74) is 5.07. The Morgan fingerprint density at radius 3 is 2.38 bits per heavy atom. The number of nitrogens with one attached hydrogen (secondary N) is 2. The molecule has 10 rings (SSSR count). The van der Waals surface area contributed by atoms with Crippen molar-refractivity contribution in [2.75, 3.05) is 55.6 Å². The van der Waals surface area contributed by atoms with Crippen molar-refractivity contribution in [3.05, 3.63) is 65.1 Å². The summed E-state index contributed by atoms with van der Waals surface area (Å²) in [5, 5.41) is 11.3. The van der Waals surface area contributed by atoms with Crippen LogP contribution in [0.5, 0.6) is 5.75 Å². The summed E-state index contributed by atoms with van der Waals surface area (Å²) in [5.74, 6) is 0.989.